The van der Waals surface area contributed by atoms with Gasteiger partial charge in [-0.05, 0) is 44.5 Å². The molecule has 2 aromatic rings. The zero-order valence-electron chi connectivity index (χ0n) is 18.0. The first kappa shape index (κ1) is 24.8. The maximum absolute atomic E-state index is 12.8. The van der Waals surface area contributed by atoms with E-state index in [1.807, 2.05) is 0 Å². The summed E-state index contributed by atoms with van der Waals surface area (Å²) >= 11 is 6.07. The van der Waals surface area contributed by atoms with E-state index in [0.717, 1.165) is 6.07 Å². The lowest BCUT2D eigenvalue weighted by Crippen LogP contribution is -2.31. The topological polar surface area (TPSA) is 114 Å². The molecule has 168 valence electrons. The number of aryl methyl sites for hydroxylation is 1. The summed E-state index contributed by atoms with van der Waals surface area (Å²) in [5, 5.41) is -0.0197. The number of aromatic nitrogens is 1. The Hall–Kier alpha value is -2.49. The Morgan fingerprint density at radius 1 is 1.13 bits per heavy atom. The Kier molecular flexibility index (Phi) is 7.80. The Morgan fingerprint density at radius 2 is 1.74 bits per heavy atom. The summed E-state index contributed by atoms with van der Waals surface area (Å²) in [4.78, 5) is 39.3. The Labute approximate surface area is 186 Å². The summed E-state index contributed by atoms with van der Waals surface area (Å²) in [6.45, 7) is 8.03. The van der Waals surface area contributed by atoms with Crippen molar-refractivity contribution >= 4 is 39.2 Å². The quantitative estimate of drug-likeness (QED) is 0.444. The minimum absolute atomic E-state index is 0.0197. The van der Waals surface area contributed by atoms with E-state index in [1.54, 1.807) is 27.7 Å². The van der Waals surface area contributed by atoms with E-state index in [2.05, 4.69) is 4.98 Å². The number of carbonyl (C=O) groups excluding carboxylic acids is 3. The van der Waals surface area contributed by atoms with Crippen molar-refractivity contribution in [1.82, 2.24) is 9.29 Å². The fourth-order valence-corrected chi connectivity index (χ4v) is 5.33. The molecule has 0 aliphatic rings. The van der Waals surface area contributed by atoms with Gasteiger partial charge in [-0.3, -0.25) is 9.59 Å². The molecule has 0 spiro atoms. The van der Waals surface area contributed by atoms with E-state index in [9.17, 15) is 22.8 Å². The van der Waals surface area contributed by atoms with Crippen LogP contribution in [0.1, 0.15) is 63.2 Å². The number of nitrogens with zero attached hydrogens (tertiary/aromatic N) is 1. The number of ether oxygens (including phenoxy) is 1. The number of nitrogens with one attached hydrogen (secondary N) is 1. The van der Waals surface area contributed by atoms with Crippen LogP contribution >= 0.6 is 11.6 Å². The summed E-state index contributed by atoms with van der Waals surface area (Å²) in [5.41, 5.74) is 1.62. The van der Waals surface area contributed by atoms with Crippen LogP contribution in [0, 0.1) is 13.8 Å². The number of hydrogen-bond acceptors (Lipinski definition) is 6. The van der Waals surface area contributed by atoms with Crippen molar-refractivity contribution in [3.63, 3.8) is 0 Å². The average Bonchev–Trinajstić information content (AvgIpc) is 3.01. The summed E-state index contributed by atoms with van der Waals surface area (Å²) in [6, 6.07) is 3.77. The normalized spacial score (nSPS) is 11.6. The molecule has 0 aliphatic heterocycles. The van der Waals surface area contributed by atoms with Crippen molar-refractivity contribution in [3.8, 4) is 0 Å². The fraction of sp³-hybridized carbons (Fsp3) is 0.381. The molecule has 0 radical (unpaired) electrons. The summed E-state index contributed by atoms with van der Waals surface area (Å²) in [6.07, 6.45) is 0. The molecule has 0 atom stereocenters. The number of sulfonamides is 1. The molecule has 1 aromatic carbocycles. The molecule has 0 saturated heterocycles. The number of H-pyrrole nitrogens is 1. The largest absolute Gasteiger partial charge is 0.454 e. The molecule has 8 nitrogen and oxygen atoms in total. The highest BCUT2D eigenvalue weighted by atomic mass is 35.5. The van der Waals surface area contributed by atoms with Crippen molar-refractivity contribution in [3.05, 3.63) is 51.3 Å². The van der Waals surface area contributed by atoms with E-state index in [0.29, 0.717) is 16.8 Å². The first-order valence-electron chi connectivity index (χ1n) is 9.65. The molecular weight excluding hydrogens is 444 g/mol. The smallest absolute Gasteiger partial charge is 0.338 e. The summed E-state index contributed by atoms with van der Waals surface area (Å²) in [5.74, 6) is -1.55. The average molecular weight is 469 g/mol. The van der Waals surface area contributed by atoms with Gasteiger partial charge in [0.1, 0.15) is 4.90 Å². The van der Waals surface area contributed by atoms with Crippen LogP contribution in [0.5, 0.6) is 0 Å². The maximum atomic E-state index is 12.8. The SMILES string of the molecule is CCN(CC)S(=O)(=O)c1cc(C(=O)OCC(=O)c2[nH]c(C)c(C(C)=O)c2C)ccc1Cl. The molecule has 0 saturated carbocycles. The minimum Gasteiger partial charge on any atom is -0.454 e. The van der Waals surface area contributed by atoms with Gasteiger partial charge in [-0.1, -0.05) is 25.4 Å². The summed E-state index contributed by atoms with van der Waals surface area (Å²) < 4.78 is 31.8. The van der Waals surface area contributed by atoms with Crippen LogP contribution in [-0.4, -0.2) is 54.9 Å². The molecule has 31 heavy (non-hydrogen) atoms. The van der Waals surface area contributed by atoms with Crippen LogP contribution in [0.15, 0.2) is 23.1 Å². The van der Waals surface area contributed by atoms with Crippen molar-refractivity contribution in [2.45, 2.75) is 39.5 Å². The van der Waals surface area contributed by atoms with Crippen LogP contribution in [0.2, 0.25) is 5.02 Å². The monoisotopic (exact) mass is 468 g/mol. The molecule has 1 aromatic heterocycles. The van der Waals surface area contributed by atoms with E-state index in [4.69, 9.17) is 16.3 Å². The molecule has 0 aliphatic carbocycles. The maximum Gasteiger partial charge on any atom is 0.338 e. The first-order chi connectivity index (χ1) is 14.4. The standard InChI is InChI=1S/C21H25ClN2O6S/c1-6-24(7-2)31(28,29)18-10-15(8-9-16(18)22)21(27)30-11-17(26)20-12(3)19(14(5)25)13(4)23-20/h8-10,23H,6-7,11H2,1-5H3. The number of Topliss-reactive ketones (excluding diaryl/α,β-unsaturated/α-hetero) is 2. The van der Waals surface area contributed by atoms with Crippen LogP contribution in [-0.2, 0) is 14.8 Å². The molecule has 0 bridgehead atoms. The second-order valence-corrected chi connectivity index (χ2v) is 9.23. The van der Waals surface area contributed by atoms with Gasteiger partial charge in [0.15, 0.2) is 12.4 Å². The summed E-state index contributed by atoms with van der Waals surface area (Å²) in [7, 11) is -3.89. The van der Waals surface area contributed by atoms with Crippen LogP contribution in [0.3, 0.4) is 0 Å². The second-order valence-electron chi connectivity index (χ2n) is 6.92. The Morgan fingerprint density at radius 3 is 2.26 bits per heavy atom. The minimum atomic E-state index is -3.89. The third-order valence-electron chi connectivity index (χ3n) is 4.89. The van der Waals surface area contributed by atoms with E-state index in [-0.39, 0.29) is 40.0 Å². The zero-order valence-corrected chi connectivity index (χ0v) is 19.6. The predicted octanol–water partition coefficient (Wildman–Crippen LogP) is 3.56. The van der Waals surface area contributed by atoms with E-state index in [1.165, 1.54) is 23.4 Å². The van der Waals surface area contributed by atoms with Crippen molar-refractivity contribution < 1.29 is 27.5 Å². The van der Waals surface area contributed by atoms with Crippen LogP contribution in [0.25, 0.3) is 0 Å². The van der Waals surface area contributed by atoms with Crippen LogP contribution in [0.4, 0.5) is 0 Å². The molecule has 0 amide bonds. The lowest BCUT2D eigenvalue weighted by Gasteiger charge is -2.19. The number of ketones is 2. The number of rotatable bonds is 9. The van der Waals surface area contributed by atoms with Gasteiger partial charge in [0.2, 0.25) is 15.8 Å². The number of aromatic amines is 1. The fourth-order valence-electron chi connectivity index (χ4n) is 3.37. The second kappa shape index (κ2) is 9.76. The highest BCUT2D eigenvalue weighted by molar-refractivity contribution is 7.89. The highest BCUT2D eigenvalue weighted by Gasteiger charge is 2.26. The Bertz CT molecular complexity index is 1130. The molecule has 0 fully saturated rings. The van der Waals surface area contributed by atoms with Gasteiger partial charge >= 0.3 is 5.97 Å². The van der Waals surface area contributed by atoms with Gasteiger partial charge in [-0.15, -0.1) is 0 Å². The number of hydrogen-bond donors (Lipinski definition) is 1. The lowest BCUT2D eigenvalue weighted by atomic mass is 10.1. The van der Waals surface area contributed by atoms with Gasteiger partial charge in [0.05, 0.1) is 16.3 Å². The lowest BCUT2D eigenvalue weighted by molar-refractivity contribution is 0.0473. The van der Waals surface area contributed by atoms with Gasteiger partial charge < -0.3 is 9.72 Å². The van der Waals surface area contributed by atoms with Crippen LogP contribution < -0.4 is 0 Å². The van der Waals surface area contributed by atoms with E-state index >= 15 is 0 Å². The highest BCUT2D eigenvalue weighted by Crippen LogP contribution is 2.26. The van der Waals surface area contributed by atoms with Crippen molar-refractivity contribution in [1.29, 1.82) is 0 Å². The van der Waals surface area contributed by atoms with Gasteiger partial charge in [0.25, 0.3) is 0 Å². The van der Waals surface area contributed by atoms with Gasteiger partial charge in [0, 0.05) is 24.3 Å². The predicted molar refractivity (Wildman–Crippen MR) is 116 cm³/mol. The molecule has 10 heteroatoms. The third kappa shape index (κ3) is 5.06. The number of esters is 1. The number of halogens is 1. The number of benzene rings is 1. The van der Waals surface area contributed by atoms with Gasteiger partial charge in [-0.25, -0.2) is 13.2 Å². The molecule has 2 rings (SSSR count). The van der Waals surface area contributed by atoms with Crippen molar-refractivity contribution in [2.75, 3.05) is 19.7 Å². The number of carbonyl (C=O) groups is 3. The first-order valence-corrected chi connectivity index (χ1v) is 11.5. The zero-order chi connectivity index (χ0) is 23.5. The Balaban J connectivity index is 2.23. The molecule has 1 N–H and O–H groups in total. The molecular formula is C21H25ClN2O6S. The molecule has 0 unspecified atom stereocenters. The van der Waals surface area contributed by atoms with Gasteiger partial charge in [-0.2, -0.15) is 4.31 Å². The molecule has 1 heterocycles. The third-order valence-corrected chi connectivity index (χ3v) is 7.42. The van der Waals surface area contributed by atoms with E-state index < -0.39 is 28.4 Å². The van der Waals surface area contributed by atoms with Crippen molar-refractivity contribution in [2.24, 2.45) is 0 Å².